The molecule has 1 aliphatic heterocycles. The Morgan fingerprint density at radius 3 is 2.77 bits per heavy atom. The van der Waals surface area contributed by atoms with Gasteiger partial charge in [-0.1, -0.05) is 37.6 Å². The maximum Gasteiger partial charge on any atom is 0.222 e. The lowest BCUT2D eigenvalue weighted by Gasteiger charge is -2.53. The number of ether oxygens (including phenoxy) is 1. The molecular formula is C21H28ClNO3. The number of fused-ring (bicyclic) bond motifs is 1. The molecule has 3 aliphatic rings. The summed E-state index contributed by atoms with van der Waals surface area (Å²) < 4.78 is 6.24. The first-order chi connectivity index (χ1) is 12.4. The molecule has 26 heavy (non-hydrogen) atoms. The van der Waals surface area contributed by atoms with Crippen molar-refractivity contribution in [3.05, 3.63) is 34.9 Å². The number of aliphatic hydroxyl groups excluding tert-OH is 1. The van der Waals surface area contributed by atoms with Crippen LogP contribution in [0.1, 0.15) is 51.2 Å². The zero-order valence-corrected chi connectivity index (χ0v) is 16.3. The number of amides is 1. The van der Waals surface area contributed by atoms with Gasteiger partial charge in [0.2, 0.25) is 5.91 Å². The van der Waals surface area contributed by atoms with Gasteiger partial charge in [0.15, 0.2) is 0 Å². The van der Waals surface area contributed by atoms with Crippen molar-refractivity contribution in [2.24, 2.45) is 22.7 Å². The third-order valence-corrected chi connectivity index (χ3v) is 7.60. The maximum atomic E-state index is 12.3. The summed E-state index contributed by atoms with van der Waals surface area (Å²) in [5.41, 5.74) is 1.34. The largest absolute Gasteiger partial charge is 0.396 e. The molecule has 2 N–H and O–H groups in total. The molecule has 0 aromatic heterocycles. The van der Waals surface area contributed by atoms with E-state index in [0.29, 0.717) is 11.8 Å². The van der Waals surface area contributed by atoms with Crippen LogP contribution in [0.15, 0.2) is 24.3 Å². The number of carbonyl (C=O) groups excluding carboxylic acids is 1. The van der Waals surface area contributed by atoms with Crippen molar-refractivity contribution < 1.29 is 14.6 Å². The van der Waals surface area contributed by atoms with Gasteiger partial charge in [0.1, 0.15) is 0 Å². The SMILES string of the molecule is CC1(C)[C@@H]2C[C@@H]3[C@@H](c4ccc(Cl)cc4)OCCC3(C2)[C@H]1NC(=O)CCO. The minimum atomic E-state index is -0.102. The van der Waals surface area contributed by atoms with E-state index in [2.05, 4.69) is 31.3 Å². The van der Waals surface area contributed by atoms with Gasteiger partial charge in [-0.25, -0.2) is 0 Å². The van der Waals surface area contributed by atoms with E-state index in [1.165, 1.54) is 5.56 Å². The highest BCUT2D eigenvalue weighted by molar-refractivity contribution is 6.30. The van der Waals surface area contributed by atoms with Crippen LogP contribution < -0.4 is 5.32 Å². The Bertz CT molecular complexity index is 689. The average Bonchev–Trinajstić information content (AvgIpc) is 3.09. The second-order valence-electron chi connectivity index (χ2n) is 8.86. The fraction of sp³-hybridized carbons (Fsp3) is 0.667. The van der Waals surface area contributed by atoms with Crippen LogP contribution in [0.25, 0.3) is 0 Å². The van der Waals surface area contributed by atoms with E-state index in [9.17, 15) is 4.79 Å². The van der Waals surface area contributed by atoms with Crippen LogP contribution in [0, 0.1) is 22.7 Å². The van der Waals surface area contributed by atoms with Gasteiger partial charge >= 0.3 is 0 Å². The molecule has 1 heterocycles. The van der Waals surface area contributed by atoms with E-state index in [1.807, 2.05) is 12.1 Å². The number of aliphatic hydroxyl groups is 1. The van der Waals surface area contributed by atoms with Crippen molar-refractivity contribution in [1.82, 2.24) is 5.32 Å². The smallest absolute Gasteiger partial charge is 0.222 e. The van der Waals surface area contributed by atoms with Crippen molar-refractivity contribution in [2.75, 3.05) is 13.2 Å². The van der Waals surface area contributed by atoms with Crippen molar-refractivity contribution >= 4 is 17.5 Å². The Hall–Kier alpha value is -1.10. The Kier molecular flexibility index (Phi) is 4.57. The van der Waals surface area contributed by atoms with E-state index < -0.39 is 0 Å². The van der Waals surface area contributed by atoms with Crippen LogP contribution in [0.2, 0.25) is 5.02 Å². The van der Waals surface area contributed by atoms with Crippen molar-refractivity contribution in [3.63, 3.8) is 0 Å². The minimum absolute atomic E-state index is 0.0409. The minimum Gasteiger partial charge on any atom is -0.396 e. The molecule has 142 valence electrons. The predicted octanol–water partition coefficient (Wildman–Crippen LogP) is 3.72. The highest BCUT2D eigenvalue weighted by Crippen LogP contribution is 2.70. The van der Waals surface area contributed by atoms with Crippen molar-refractivity contribution in [3.8, 4) is 0 Å². The van der Waals surface area contributed by atoms with E-state index in [0.717, 1.165) is 30.9 Å². The van der Waals surface area contributed by atoms with E-state index in [4.69, 9.17) is 21.4 Å². The van der Waals surface area contributed by atoms with Gasteiger partial charge in [0.05, 0.1) is 12.7 Å². The number of halogens is 1. The number of benzene rings is 1. The summed E-state index contributed by atoms with van der Waals surface area (Å²) in [6.45, 7) is 5.20. The van der Waals surface area contributed by atoms with Crippen LogP contribution in [0.3, 0.4) is 0 Å². The molecule has 3 fully saturated rings. The Morgan fingerprint density at radius 2 is 2.08 bits per heavy atom. The molecule has 2 aliphatic carbocycles. The Morgan fingerprint density at radius 1 is 1.35 bits per heavy atom. The molecular weight excluding hydrogens is 350 g/mol. The topological polar surface area (TPSA) is 58.6 Å². The summed E-state index contributed by atoms with van der Waals surface area (Å²) in [6.07, 6.45) is 3.54. The molecule has 1 saturated heterocycles. The number of nitrogens with one attached hydrogen (secondary N) is 1. The predicted molar refractivity (Wildman–Crippen MR) is 101 cm³/mol. The molecule has 4 nitrogen and oxygen atoms in total. The molecule has 2 saturated carbocycles. The summed E-state index contributed by atoms with van der Waals surface area (Å²) >= 11 is 6.06. The highest BCUT2D eigenvalue weighted by atomic mass is 35.5. The fourth-order valence-electron chi connectivity index (χ4n) is 6.10. The van der Waals surface area contributed by atoms with E-state index >= 15 is 0 Å². The van der Waals surface area contributed by atoms with Gasteiger partial charge in [0.25, 0.3) is 0 Å². The number of rotatable bonds is 4. The normalized spacial score (nSPS) is 37.4. The number of hydrogen-bond acceptors (Lipinski definition) is 3. The van der Waals surface area contributed by atoms with Gasteiger partial charge < -0.3 is 15.2 Å². The lowest BCUT2D eigenvalue weighted by molar-refractivity contribution is -0.137. The summed E-state index contributed by atoms with van der Waals surface area (Å²) in [4.78, 5) is 12.3. The van der Waals surface area contributed by atoms with Gasteiger partial charge in [-0.05, 0) is 59.6 Å². The molecule has 4 rings (SSSR count). The Balaban J connectivity index is 1.66. The van der Waals surface area contributed by atoms with E-state index in [-0.39, 0.29) is 41.9 Å². The first kappa shape index (κ1) is 18.3. The monoisotopic (exact) mass is 377 g/mol. The first-order valence-electron chi connectivity index (χ1n) is 9.66. The van der Waals surface area contributed by atoms with Gasteiger partial charge in [-0.15, -0.1) is 0 Å². The quantitative estimate of drug-likeness (QED) is 0.840. The third-order valence-electron chi connectivity index (χ3n) is 7.35. The average molecular weight is 378 g/mol. The summed E-state index contributed by atoms with van der Waals surface area (Å²) in [6, 6.07) is 8.14. The zero-order chi connectivity index (χ0) is 18.5. The van der Waals surface area contributed by atoms with Crippen LogP contribution in [-0.4, -0.2) is 30.3 Å². The lowest BCUT2D eigenvalue weighted by atomic mass is 9.59. The molecule has 1 unspecified atom stereocenters. The summed E-state index contributed by atoms with van der Waals surface area (Å²) in [5, 5.41) is 13.2. The second-order valence-corrected chi connectivity index (χ2v) is 9.30. The molecule has 2 bridgehead atoms. The maximum absolute atomic E-state index is 12.3. The molecule has 5 heteroatoms. The molecule has 0 radical (unpaired) electrons. The number of hydrogen-bond donors (Lipinski definition) is 2. The standard InChI is InChI=1S/C21H28ClNO3/c1-20(2)14-11-16-18(13-3-5-15(22)6-4-13)26-10-8-21(16,12-14)19(20)23-17(25)7-9-24/h3-6,14,16,18-19,24H,7-12H2,1-2H3,(H,23,25)/t14-,16-,18-,19+,21?/m1/s1. The summed E-state index contributed by atoms with van der Waals surface area (Å²) in [5.74, 6) is 0.957. The molecule has 5 atom stereocenters. The van der Waals surface area contributed by atoms with Gasteiger partial charge in [-0.2, -0.15) is 0 Å². The lowest BCUT2D eigenvalue weighted by Crippen LogP contribution is -2.59. The molecule has 1 aromatic rings. The zero-order valence-electron chi connectivity index (χ0n) is 15.5. The molecule has 1 spiro atoms. The van der Waals surface area contributed by atoms with Crippen LogP contribution in [0.5, 0.6) is 0 Å². The van der Waals surface area contributed by atoms with Crippen molar-refractivity contribution in [1.29, 1.82) is 0 Å². The Labute approximate surface area is 160 Å². The van der Waals surface area contributed by atoms with Crippen LogP contribution in [-0.2, 0) is 9.53 Å². The van der Waals surface area contributed by atoms with Gasteiger partial charge in [0, 0.05) is 24.1 Å². The highest BCUT2D eigenvalue weighted by Gasteiger charge is 2.68. The second kappa shape index (κ2) is 6.50. The van der Waals surface area contributed by atoms with Crippen LogP contribution >= 0.6 is 11.6 Å². The first-order valence-corrected chi connectivity index (χ1v) is 10.0. The molecule has 1 aromatic carbocycles. The summed E-state index contributed by atoms with van der Waals surface area (Å²) in [7, 11) is 0. The molecule has 1 amide bonds. The van der Waals surface area contributed by atoms with Crippen LogP contribution in [0.4, 0.5) is 0 Å². The third kappa shape index (κ3) is 2.69. The fourth-order valence-corrected chi connectivity index (χ4v) is 6.23. The van der Waals surface area contributed by atoms with E-state index in [1.54, 1.807) is 0 Å². The van der Waals surface area contributed by atoms with Gasteiger partial charge in [-0.3, -0.25) is 4.79 Å². The van der Waals surface area contributed by atoms with Crippen molar-refractivity contribution in [2.45, 2.75) is 51.7 Å². The number of carbonyl (C=O) groups is 1.